The maximum atomic E-state index is 5.10. The van der Waals surface area contributed by atoms with Crippen LogP contribution in [0.4, 0.5) is 0 Å². The monoisotopic (exact) mass is 166 g/mol. The van der Waals surface area contributed by atoms with Crippen LogP contribution in [0.3, 0.4) is 0 Å². The molecule has 0 radical (unpaired) electrons. The number of hydrazine groups is 1. The Morgan fingerprint density at radius 1 is 1.50 bits per heavy atom. The van der Waals surface area contributed by atoms with Crippen LogP contribution in [-0.2, 0) is 0 Å². The van der Waals surface area contributed by atoms with E-state index < -0.39 is 0 Å². The quantitative estimate of drug-likeness (QED) is 0.223. The largest absolute Gasteiger partial charge is 0.321 e. The van der Waals surface area contributed by atoms with Gasteiger partial charge in [-0.15, -0.1) is 0 Å². The summed E-state index contributed by atoms with van der Waals surface area (Å²) in [6, 6.07) is 1.72. The first-order valence-corrected chi connectivity index (χ1v) is 3.36. The lowest BCUT2D eigenvalue weighted by molar-refractivity contribution is 0.758. The molecular weight excluding hydrogens is 156 g/mol. The summed E-state index contributed by atoms with van der Waals surface area (Å²) in [7, 11) is 1.70. The first-order valence-electron chi connectivity index (χ1n) is 3.36. The van der Waals surface area contributed by atoms with Crippen LogP contribution in [0.2, 0.25) is 0 Å². The Kier molecular flexibility index (Phi) is 2.97. The number of amidine groups is 1. The highest BCUT2D eigenvalue weighted by molar-refractivity contribution is 5.94. The molecule has 1 aromatic heterocycles. The second-order valence-electron chi connectivity index (χ2n) is 1.93. The van der Waals surface area contributed by atoms with Crippen molar-refractivity contribution in [1.82, 2.24) is 20.8 Å². The molecule has 1 rings (SSSR count). The predicted molar refractivity (Wildman–Crippen MR) is 45.0 cm³/mol. The highest BCUT2D eigenvalue weighted by Crippen LogP contribution is 1.86. The Bertz CT molecular complexity index is 256. The van der Waals surface area contributed by atoms with Crippen LogP contribution >= 0.6 is 0 Å². The second kappa shape index (κ2) is 4.24. The first kappa shape index (κ1) is 8.41. The van der Waals surface area contributed by atoms with Crippen molar-refractivity contribution in [3.05, 3.63) is 24.3 Å². The van der Waals surface area contributed by atoms with E-state index in [0.717, 1.165) is 0 Å². The number of hydrogen-bond donors (Lipinski definition) is 3. The number of aromatic nitrogens is 2. The lowest BCUT2D eigenvalue weighted by atomic mass is 10.5. The van der Waals surface area contributed by atoms with Crippen LogP contribution in [0.15, 0.2) is 23.6 Å². The molecule has 0 amide bonds. The van der Waals surface area contributed by atoms with E-state index in [1.165, 1.54) is 0 Å². The number of nitrogens with one attached hydrogen (secondary N) is 2. The molecule has 0 saturated heterocycles. The molecule has 1 aromatic rings. The minimum atomic E-state index is 0.401. The predicted octanol–water partition coefficient (Wildman–Crippen LogP) is -1.18. The van der Waals surface area contributed by atoms with Crippen LogP contribution in [0.1, 0.15) is 5.82 Å². The summed E-state index contributed by atoms with van der Waals surface area (Å²) < 4.78 is 0. The molecule has 0 atom stereocenters. The molecular formula is C6H10N6. The van der Waals surface area contributed by atoms with E-state index >= 15 is 0 Å². The lowest BCUT2D eigenvalue weighted by Gasteiger charge is -2.03. The van der Waals surface area contributed by atoms with Gasteiger partial charge < -0.3 is 11.3 Å². The SMILES string of the molecule is CNN/C(=N\N)c1ncccn1. The molecule has 12 heavy (non-hydrogen) atoms. The molecule has 1 heterocycles. The van der Waals surface area contributed by atoms with Crippen LogP contribution < -0.4 is 16.7 Å². The molecule has 0 aliphatic heterocycles. The molecule has 4 N–H and O–H groups in total. The molecule has 0 spiro atoms. The van der Waals surface area contributed by atoms with E-state index in [-0.39, 0.29) is 0 Å². The standard InChI is InChI=1S/C6H10N6/c1-8-12-6(11-7)5-9-3-2-4-10-5/h2-4,8H,7H2,1H3,(H,11,12). The summed E-state index contributed by atoms with van der Waals surface area (Å²) in [5.41, 5.74) is 5.37. The third-order valence-corrected chi connectivity index (χ3v) is 1.15. The molecule has 0 saturated carbocycles. The fraction of sp³-hybridized carbons (Fsp3) is 0.167. The topological polar surface area (TPSA) is 88.2 Å². The molecule has 0 aromatic carbocycles. The van der Waals surface area contributed by atoms with Crippen molar-refractivity contribution in [2.75, 3.05) is 7.05 Å². The highest BCUT2D eigenvalue weighted by Gasteiger charge is 2.02. The average Bonchev–Trinajstić information content (AvgIpc) is 2.15. The third-order valence-electron chi connectivity index (χ3n) is 1.15. The van der Waals surface area contributed by atoms with Gasteiger partial charge in [-0.1, -0.05) is 0 Å². The van der Waals surface area contributed by atoms with Crippen molar-refractivity contribution in [3.8, 4) is 0 Å². The van der Waals surface area contributed by atoms with Crippen LogP contribution in [-0.4, -0.2) is 22.9 Å². The Labute approximate surface area is 69.9 Å². The van der Waals surface area contributed by atoms with E-state index in [4.69, 9.17) is 5.84 Å². The molecule has 6 nitrogen and oxygen atoms in total. The highest BCUT2D eigenvalue weighted by atomic mass is 15.4. The van der Waals surface area contributed by atoms with Crippen LogP contribution in [0.25, 0.3) is 0 Å². The van der Waals surface area contributed by atoms with Crippen molar-refractivity contribution < 1.29 is 0 Å². The molecule has 0 fully saturated rings. The number of rotatable bonds is 2. The average molecular weight is 166 g/mol. The van der Waals surface area contributed by atoms with Gasteiger partial charge in [0.2, 0.25) is 5.84 Å². The fourth-order valence-corrected chi connectivity index (χ4v) is 0.686. The Morgan fingerprint density at radius 3 is 2.67 bits per heavy atom. The van der Waals surface area contributed by atoms with E-state index in [0.29, 0.717) is 11.7 Å². The molecule has 0 aliphatic rings. The van der Waals surface area contributed by atoms with Gasteiger partial charge in [-0.2, -0.15) is 5.10 Å². The fourth-order valence-electron chi connectivity index (χ4n) is 0.686. The zero-order valence-corrected chi connectivity index (χ0v) is 6.65. The summed E-state index contributed by atoms with van der Waals surface area (Å²) in [5.74, 6) is 5.95. The van der Waals surface area contributed by atoms with Gasteiger partial charge in [0.05, 0.1) is 0 Å². The molecule has 64 valence electrons. The maximum absolute atomic E-state index is 5.10. The smallest absolute Gasteiger partial charge is 0.204 e. The van der Waals surface area contributed by atoms with Gasteiger partial charge in [0.1, 0.15) is 0 Å². The molecule has 0 aliphatic carbocycles. The van der Waals surface area contributed by atoms with Gasteiger partial charge in [-0.25, -0.2) is 15.4 Å². The van der Waals surface area contributed by atoms with Gasteiger partial charge in [-0.3, -0.25) is 0 Å². The second-order valence-corrected chi connectivity index (χ2v) is 1.93. The number of hydrazone groups is 1. The third kappa shape index (κ3) is 1.89. The van der Waals surface area contributed by atoms with Crippen molar-refractivity contribution in [2.45, 2.75) is 0 Å². The van der Waals surface area contributed by atoms with Crippen LogP contribution in [0, 0.1) is 0 Å². The Balaban J connectivity index is 2.82. The number of nitrogens with zero attached hydrogens (tertiary/aromatic N) is 3. The number of hydrogen-bond acceptors (Lipinski definition) is 5. The maximum Gasteiger partial charge on any atom is 0.204 e. The van der Waals surface area contributed by atoms with Gasteiger partial charge in [0.15, 0.2) is 5.82 Å². The molecule has 6 heteroatoms. The zero-order chi connectivity index (χ0) is 8.81. The summed E-state index contributed by atoms with van der Waals surface area (Å²) in [5, 5.41) is 3.47. The van der Waals surface area contributed by atoms with Crippen LogP contribution in [0.5, 0.6) is 0 Å². The normalized spacial score (nSPS) is 11.2. The lowest BCUT2D eigenvalue weighted by Crippen LogP contribution is -2.36. The zero-order valence-electron chi connectivity index (χ0n) is 6.65. The number of nitrogens with two attached hydrogens (primary N) is 1. The van der Waals surface area contributed by atoms with Gasteiger partial charge >= 0.3 is 0 Å². The van der Waals surface area contributed by atoms with E-state index in [9.17, 15) is 0 Å². The van der Waals surface area contributed by atoms with Crippen molar-refractivity contribution in [1.29, 1.82) is 0 Å². The summed E-state index contributed by atoms with van der Waals surface area (Å²) >= 11 is 0. The summed E-state index contributed by atoms with van der Waals surface area (Å²) in [6.07, 6.45) is 3.23. The molecule has 0 unspecified atom stereocenters. The van der Waals surface area contributed by atoms with E-state index in [2.05, 4.69) is 25.9 Å². The van der Waals surface area contributed by atoms with E-state index in [1.54, 1.807) is 25.5 Å². The summed E-state index contributed by atoms with van der Waals surface area (Å²) in [6.45, 7) is 0. The van der Waals surface area contributed by atoms with Gasteiger partial charge in [0, 0.05) is 19.4 Å². The molecule has 0 bridgehead atoms. The van der Waals surface area contributed by atoms with E-state index in [1.807, 2.05) is 0 Å². The Hall–Kier alpha value is -1.69. The Morgan fingerprint density at radius 2 is 2.17 bits per heavy atom. The minimum Gasteiger partial charge on any atom is -0.321 e. The van der Waals surface area contributed by atoms with Crippen molar-refractivity contribution in [2.24, 2.45) is 10.9 Å². The van der Waals surface area contributed by atoms with Gasteiger partial charge in [0.25, 0.3) is 0 Å². The summed E-state index contributed by atoms with van der Waals surface area (Å²) in [4.78, 5) is 7.89. The van der Waals surface area contributed by atoms with Crippen molar-refractivity contribution >= 4 is 5.84 Å². The first-order chi connectivity index (χ1) is 5.88. The minimum absolute atomic E-state index is 0.401. The van der Waals surface area contributed by atoms with Gasteiger partial charge in [-0.05, 0) is 6.07 Å². The van der Waals surface area contributed by atoms with Crippen molar-refractivity contribution in [3.63, 3.8) is 0 Å².